The first-order valence-corrected chi connectivity index (χ1v) is 6.52. The zero-order chi connectivity index (χ0) is 14.8. The molecule has 2 aromatic carbocycles. The van der Waals surface area contributed by atoms with E-state index in [1.165, 1.54) is 0 Å². The van der Waals surface area contributed by atoms with Crippen LogP contribution in [-0.4, -0.2) is 17.9 Å². The minimum Gasteiger partial charge on any atom is -0.497 e. The third-order valence-corrected chi connectivity index (χ3v) is 3.39. The average molecular weight is 278 g/mol. The van der Waals surface area contributed by atoms with Crippen LogP contribution in [0, 0.1) is 0 Å². The van der Waals surface area contributed by atoms with E-state index in [1.54, 1.807) is 37.6 Å². The van der Waals surface area contributed by atoms with Gasteiger partial charge in [-0.25, -0.2) is 0 Å². The van der Waals surface area contributed by atoms with Crippen molar-refractivity contribution < 1.29 is 9.53 Å². The Balaban J connectivity index is 2.13. The number of carbonyl (C=O) groups is 1. The van der Waals surface area contributed by atoms with E-state index in [0.29, 0.717) is 22.6 Å². The molecule has 2 N–H and O–H groups in total. The second-order valence-electron chi connectivity index (χ2n) is 4.66. The number of methoxy groups -OCH3 is 1. The molecule has 0 atom stereocenters. The number of carbonyl (C=O) groups excluding carboxylic acids is 1. The Morgan fingerprint density at radius 2 is 1.95 bits per heavy atom. The van der Waals surface area contributed by atoms with Crippen molar-refractivity contribution in [3.63, 3.8) is 0 Å². The number of nitrogens with two attached hydrogens (primary N) is 1. The minimum atomic E-state index is -0.117. The normalized spacial score (nSPS) is 10.5. The number of fused-ring (bicyclic) bond motifs is 1. The number of nitrogen functional groups attached to an aromatic ring is 1. The van der Waals surface area contributed by atoms with E-state index in [4.69, 9.17) is 10.5 Å². The van der Waals surface area contributed by atoms with Crippen LogP contribution in [-0.2, 0) is 0 Å². The number of benzene rings is 2. The van der Waals surface area contributed by atoms with Crippen LogP contribution in [0.1, 0.15) is 15.9 Å². The van der Waals surface area contributed by atoms with E-state index in [-0.39, 0.29) is 5.78 Å². The molecule has 0 fully saturated rings. The molecule has 104 valence electrons. The van der Waals surface area contributed by atoms with Crippen molar-refractivity contribution in [2.24, 2.45) is 0 Å². The molecule has 4 nitrogen and oxygen atoms in total. The van der Waals surface area contributed by atoms with Gasteiger partial charge in [0.2, 0.25) is 0 Å². The van der Waals surface area contributed by atoms with Gasteiger partial charge in [0.1, 0.15) is 5.75 Å². The molecule has 0 bridgehead atoms. The monoisotopic (exact) mass is 278 g/mol. The molecule has 0 aliphatic carbocycles. The molecule has 3 rings (SSSR count). The van der Waals surface area contributed by atoms with Crippen molar-refractivity contribution in [2.75, 3.05) is 12.8 Å². The SMILES string of the molecule is COc1ccc(C(=O)c2cccc3ncccc23)c(N)c1. The van der Waals surface area contributed by atoms with E-state index in [2.05, 4.69) is 4.98 Å². The number of hydrogen-bond acceptors (Lipinski definition) is 4. The van der Waals surface area contributed by atoms with Crippen LogP contribution < -0.4 is 10.5 Å². The first-order valence-electron chi connectivity index (χ1n) is 6.52. The lowest BCUT2D eigenvalue weighted by Gasteiger charge is -2.09. The fourth-order valence-corrected chi connectivity index (χ4v) is 2.32. The number of ketones is 1. The van der Waals surface area contributed by atoms with Crippen LogP contribution in [0.4, 0.5) is 5.69 Å². The molecule has 1 heterocycles. The third kappa shape index (κ3) is 2.31. The summed E-state index contributed by atoms with van der Waals surface area (Å²) in [4.78, 5) is 17.0. The number of pyridine rings is 1. The maximum atomic E-state index is 12.7. The highest BCUT2D eigenvalue weighted by molar-refractivity contribution is 6.18. The summed E-state index contributed by atoms with van der Waals surface area (Å²) in [5, 5.41) is 0.820. The van der Waals surface area contributed by atoms with Gasteiger partial charge >= 0.3 is 0 Å². The van der Waals surface area contributed by atoms with Crippen molar-refractivity contribution in [2.45, 2.75) is 0 Å². The first kappa shape index (κ1) is 13.1. The zero-order valence-corrected chi connectivity index (χ0v) is 11.5. The Bertz CT molecular complexity index is 823. The fraction of sp³-hybridized carbons (Fsp3) is 0.0588. The first-order chi connectivity index (χ1) is 10.2. The molecule has 4 heteroatoms. The molecule has 0 aliphatic rings. The number of hydrogen-bond donors (Lipinski definition) is 1. The van der Waals surface area contributed by atoms with Gasteiger partial charge in [0, 0.05) is 34.5 Å². The molecular weight excluding hydrogens is 264 g/mol. The maximum Gasteiger partial charge on any atom is 0.195 e. The quantitative estimate of drug-likeness (QED) is 0.590. The maximum absolute atomic E-state index is 12.7. The van der Waals surface area contributed by atoms with E-state index in [0.717, 1.165) is 10.9 Å². The van der Waals surface area contributed by atoms with Gasteiger partial charge < -0.3 is 10.5 Å². The van der Waals surface area contributed by atoms with E-state index < -0.39 is 0 Å². The highest BCUT2D eigenvalue weighted by Gasteiger charge is 2.15. The second-order valence-corrected chi connectivity index (χ2v) is 4.66. The predicted molar refractivity (Wildman–Crippen MR) is 82.6 cm³/mol. The largest absolute Gasteiger partial charge is 0.497 e. The molecule has 0 saturated heterocycles. The Kier molecular flexibility index (Phi) is 3.28. The Hall–Kier alpha value is -2.88. The standard InChI is InChI=1S/C17H14N2O2/c1-21-11-7-8-14(15(18)10-11)17(20)13-4-2-6-16-12(13)5-3-9-19-16/h2-10H,18H2,1H3. The van der Waals surface area contributed by atoms with Crippen molar-refractivity contribution in [1.82, 2.24) is 4.98 Å². The summed E-state index contributed by atoms with van der Waals surface area (Å²) in [6.07, 6.45) is 1.71. The van der Waals surface area contributed by atoms with Crippen molar-refractivity contribution in [1.29, 1.82) is 0 Å². The summed E-state index contributed by atoms with van der Waals surface area (Å²) in [6, 6.07) is 14.3. The van der Waals surface area contributed by atoms with Crippen molar-refractivity contribution in [3.8, 4) is 5.75 Å². The van der Waals surface area contributed by atoms with Gasteiger partial charge in [0.25, 0.3) is 0 Å². The second kappa shape index (κ2) is 5.25. The predicted octanol–water partition coefficient (Wildman–Crippen LogP) is 3.06. The summed E-state index contributed by atoms with van der Waals surface area (Å²) in [6.45, 7) is 0. The van der Waals surface area contributed by atoms with Gasteiger partial charge in [0.15, 0.2) is 5.78 Å². The van der Waals surface area contributed by atoms with Crippen LogP contribution in [0.25, 0.3) is 10.9 Å². The molecule has 21 heavy (non-hydrogen) atoms. The van der Waals surface area contributed by atoms with Crippen molar-refractivity contribution in [3.05, 3.63) is 65.9 Å². The van der Waals surface area contributed by atoms with E-state index >= 15 is 0 Å². The summed E-state index contributed by atoms with van der Waals surface area (Å²) >= 11 is 0. The van der Waals surface area contributed by atoms with Crippen LogP contribution >= 0.6 is 0 Å². The molecule has 0 amide bonds. The Morgan fingerprint density at radius 1 is 1.10 bits per heavy atom. The van der Waals surface area contributed by atoms with Gasteiger partial charge in [-0.1, -0.05) is 18.2 Å². The van der Waals surface area contributed by atoms with Crippen LogP contribution in [0.5, 0.6) is 5.75 Å². The number of rotatable bonds is 3. The molecular formula is C17H14N2O2. The van der Waals surface area contributed by atoms with Gasteiger partial charge in [0.05, 0.1) is 12.6 Å². The lowest BCUT2D eigenvalue weighted by atomic mass is 9.98. The molecule has 0 spiro atoms. The highest BCUT2D eigenvalue weighted by atomic mass is 16.5. The lowest BCUT2D eigenvalue weighted by Crippen LogP contribution is -2.06. The summed E-state index contributed by atoms with van der Waals surface area (Å²) in [7, 11) is 1.56. The molecule has 1 aromatic heterocycles. The molecule has 3 aromatic rings. The van der Waals surface area contributed by atoms with Gasteiger partial charge in [-0.15, -0.1) is 0 Å². The third-order valence-electron chi connectivity index (χ3n) is 3.39. The average Bonchev–Trinajstić information content (AvgIpc) is 2.53. The fourth-order valence-electron chi connectivity index (χ4n) is 2.32. The van der Waals surface area contributed by atoms with Crippen molar-refractivity contribution >= 4 is 22.4 Å². The van der Waals surface area contributed by atoms with Crippen LogP contribution in [0.2, 0.25) is 0 Å². The van der Waals surface area contributed by atoms with Crippen LogP contribution in [0.3, 0.4) is 0 Å². The van der Waals surface area contributed by atoms with Crippen LogP contribution in [0.15, 0.2) is 54.7 Å². The summed E-state index contributed by atoms with van der Waals surface area (Å²) in [5.41, 5.74) is 8.21. The lowest BCUT2D eigenvalue weighted by molar-refractivity contribution is 0.104. The number of nitrogens with zero attached hydrogens (tertiary/aromatic N) is 1. The Morgan fingerprint density at radius 3 is 2.71 bits per heavy atom. The number of ether oxygens (including phenoxy) is 1. The van der Waals surface area contributed by atoms with Gasteiger partial charge in [-0.2, -0.15) is 0 Å². The smallest absolute Gasteiger partial charge is 0.195 e. The summed E-state index contributed by atoms with van der Waals surface area (Å²) in [5.74, 6) is 0.511. The molecule has 0 radical (unpaired) electrons. The van der Waals surface area contributed by atoms with Gasteiger partial charge in [-0.3, -0.25) is 9.78 Å². The van der Waals surface area contributed by atoms with E-state index in [9.17, 15) is 4.79 Å². The van der Waals surface area contributed by atoms with E-state index in [1.807, 2.05) is 24.3 Å². The summed E-state index contributed by atoms with van der Waals surface area (Å²) < 4.78 is 5.10. The Labute approximate surface area is 122 Å². The zero-order valence-electron chi connectivity index (χ0n) is 11.5. The molecule has 0 saturated carbocycles. The number of aromatic nitrogens is 1. The number of anilines is 1. The minimum absolute atomic E-state index is 0.117. The topological polar surface area (TPSA) is 65.2 Å². The highest BCUT2D eigenvalue weighted by Crippen LogP contribution is 2.25. The molecule has 0 unspecified atom stereocenters. The molecule has 0 aliphatic heterocycles. The van der Waals surface area contributed by atoms with Gasteiger partial charge in [-0.05, 0) is 24.3 Å².